The fourth-order valence-corrected chi connectivity index (χ4v) is 5.52. The van der Waals surface area contributed by atoms with Crippen molar-refractivity contribution in [3.05, 3.63) is 48.0 Å². The van der Waals surface area contributed by atoms with Crippen molar-refractivity contribution in [2.75, 3.05) is 28.4 Å². The molecule has 0 saturated heterocycles. The second-order valence-electron chi connectivity index (χ2n) is 5.03. The normalized spacial score (nSPS) is 11.0. The van der Waals surface area contributed by atoms with Crippen molar-refractivity contribution in [3.63, 3.8) is 0 Å². The summed E-state index contributed by atoms with van der Waals surface area (Å²) in [4.78, 5) is 11.6. The van der Waals surface area contributed by atoms with Crippen molar-refractivity contribution < 1.29 is 23.7 Å². The molecule has 7 heteroatoms. The van der Waals surface area contributed by atoms with Crippen LogP contribution in [0.1, 0.15) is 5.56 Å². The molecule has 0 aliphatic heterocycles. The van der Waals surface area contributed by atoms with Crippen LogP contribution in [0.15, 0.2) is 42.5 Å². The molecule has 0 radical (unpaired) electrons. The number of benzene rings is 2. The Bertz CT molecular complexity index is 797. The summed E-state index contributed by atoms with van der Waals surface area (Å²) in [6, 6.07) is 11.1. The third-order valence-corrected chi connectivity index (χ3v) is 6.52. The zero-order valence-corrected chi connectivity index (χ0v) is 18.0. The zero-order chi connectivity index (χ0) is 19.1. The van der Waals surface area contributed by atoms with Gasteiger partial charge >= 0.3 is 168 Å². The van der Waals surface area contributed by atoms with Crippen LogP contribution in [0.25, 0.3) is 3.62 Å². The summed E-state index contributed by atoms with van der Waals surface area (Å²) in [6.07, 6.45) is 1.44. The van der Waals surface area contributed by atoms with Gasteiger partial charge in [0.2, 0.25) is 0 Å². The molecule has 0 heterocycles. The van der Waals surface area contributed by atoms with Gasteiger partial charge in [0.1, 0.15) is 0 Å². The zero-order valence-electron chi connectivity index (χ0n) is 14.9. The van der Waals surface area contributed by atoms with E-state index < -0.39 is 26.2 Å². The number of allylic oxidation sites excluding steroid dienone is 1. The number of halogens is 1. The molecule has 0 aliphatic carbocycles. The van der Waals surface area contributed by atoms with Crippen molar-refractivity contribution in [2.45, 2.75) is 0 Å². The summed E-state index contributed by atoms with van der Waals surface area (Å²) in [5.41, 5.74) is 0.782. The maximum absolute atomic E-state index is 11.6. The Kier molecular flexibility index (Phi) is 7.65. The molecule has 0 bridgehead atoms. The van der Waals surface area contributed by atoms with E-state index in [4.69, 9.17) is 30.5 Å². The van der Waals surface area contributed by atoms with E-state index in [1.165, 1.54) is 6.08 Å². The van der Waals surface area contributed by atoms with E-state index in [2.05, 4.69) is 0 Å². The predicted molar refractivity (Wildman–Crippen MR) is 103 cm³/mol. The van der Waals surface area contributed by atoms with Gasteiger partial charge in [-0.2, -0.15) is 0 Å². The minimum absolute atomic E-state index is 0.537. The monoisotopic (exact) mass is 492 g/mol. The molecule has 0 fully saturated rings. The molecule has 138 valence electrons. The van der Waals surface area contributed by atoms with E-state index in [0.29, 0.717) is 23.0 Å². The van der Waals surface area contributed by atoms with Gasteiger partial charge in [0.15, 0.2) is 0 Å². The summed E-state index contributed by atoms with van der Waals surface area (Å²) in [6.45, 7) is 0. The van der Waals surface area contributed by atoms with Crippen LogP contribution >= 0.6 is 11.6 Å². The molecule has 0 N–H and O–H groups in total. The summed E-state index contributed by atoms with van der Waals surface area (Å²) < 4.78 is 23.3. The van der Waals surface area contributed by atoms with Gasteiger partial charge in [-0.15, -0.1) is 0 Å². The van der Waals surface area contributed by atoms with Gasteiger partial charge in [0.25, 0.3) is 0 Å². The number of ether oxygens (including phenoxy) is 4. The molecule has 2 rings (SSSR count). The van der Waals surface area contributed by atoms with Crippen LogP contribution in [0.5, 0.6) is 23.0 Å². The first kappa shape index (κ1) is 20.4. The van der Waals surface area contributed by atoms with E-state index in [9.17, 15) is 4.79 Å². The Morgan fingerprint density at radius 2 is 1.50 bits per heavy atom. The standard InChI is InChI=1S/C19H19ClO5Te/c1-22-12-5-6-17(25-4)16(10-12)18(11-19(20)21)26-15-8-13(23-2)7-14(9-15)24-3/h5-11H,1-4H3/b18-11-. The summed E-state index contributed by atoms with van der Waals surface area (Å²) >= 11 is 4.66. The molecule has 0 aromatic heterocycles. The third kappa shape index (κ3) is 5.31. The van der Waals surface area contributed by atoms with E-state index in [0.717, 1.165) is 12.8 Å². The molecule has 0 atom stereocenters. The van der Waals surface area contributed by atoms with E-state index in [1.807, 2.05) is 18.2 Å². The maximum atomic E-state index is 11.6. The van der Waals surface area contributed by atoms with Crippen molar-refractivity contribution in [1.82, 2.24) is 0 Å². The molecule has 0 unspecified atom stereocenters. The number of carbonyl (C=O) groups is 1. The van der Waals surface area contributed by atoms with Crippen molar-refractivity contribution in [2.24, 2.45) is 0 Å². The van der Waals surface area contributed by atoms with Gasteiger partial charge in [0, 0.05) is 0 Å². The Hall–Kier alpha value is -1.87. The predicted octanol–water partition coefficient (Wildman–Crippen LogP) is 2.86. The summed E-state index contributed by atoms with van der Waals surface area (Å²) in [7, 11) is 6.37. The van der Waals surface area contributed by atoms with E-state index in [1.54, 1.807) is 46.6 Å². The fraction of sp³-hybridized carbons (Fsp3) is 0.211. The average Bonchev–Trinajstić information content (AvgIpc) is 2.66. The van der Waals surface area contributed by atoms with Crippen LogP contribution in [-0.4, -0.2) is 54.6 Å². The van der Waals surface area contributed by atoms with Gasteiger partial charge in [-0.1, -0.05) is 0 Å². The SMILES string of the molecule is COc1cc(OC)cc([Te]/C(=C\C(=O)Cl)c2cc(OC)ccc2OC)c1. The van der Waals surface area contributed by atoms with Gasteiger partial charge in [-0.3, -0.25) is 0 Å². The number of methoxy groups -OCH3 is 4. The molecule has 26 heavy (non-hydrogen) atoms. The van der Waals surface area contributed by atoms with Gasteiger partial charge in [-0.25, -0.2) is 0 Å². The van der Waals surface area contributed by atoms with Crippen LogP contribution in [0.3, 0.4) is 0 Å². The van der Waals surface area contributed by atoms with Crippen molar-refractivity contribution in [3.8, 4) is 23.0 Å². The first-order valence-corrected chi connectivity index (χ1v) is 10.3. The number of carbonyl (C=O) groups excluding carboxylic acids is 1. The van der Waals surface area contributed by atoms with Crippen molar-refractivity contribution >= 4 is 45.0 Å². The second kappa shape index (κ2) is 9.72. The molecule has 2 aromatic rings. The molecular formula is C19H19ClO5Te. The van der Waals surface area contributed by atoms with Crippen molar-refractivity contribution in [1.29, 1.82) is 0 Å². The van der Waals surface area contributed by atoms with Gasteiger partial charge in [-0.05, 0) is 0 Å². The Morgan fingerprint density at radius 3 is 2.00 bits per heavy atom. The minimum atomic E-state index is -0.997. The Balaban J connectivity index is 2.52. The summed E-state index contributed by atoms with van der Waals surface area (Å²) in [5.74, 6) is 2.71. The topological polar surface area (TPSA) is 54.0 Å². The first-order chi connectivity index (χ1) is 12.5. The van der Waals surface area contributed by atoms with E-state index in [-0.39, 0.29) is 0 Å². The molecule has 2 aromatic carbocycles. The number of rotatable bonds is 8. The van der Waals surface area contributed by atoms with E-state index >= 15 is 0 Å². The average molecular weight is 490 g/mol. The number of hydrogen-bond acceptors (Lipinski definition) is 5. The van der Waals surface area contributed by atoms with Crippen LogP contribution < -0.4 is 22.6 Å². The quantitative estimate of drug-likeness (QED) is 0.324. The molecular weight excluding hydrogens is 471 g/mol. The molecule has 0 saturated carbocycles. The third-order valence-electron chi connectivity index (χ3n) is 3.47. The van der Waals surface area contributed by atoms with Crippen LogP contribution in [0.4, 0.5) is 0 Å². The molecule has 0 amide bonds. The number of hydrogen-bond donors (Lipinski definition) is 0. The second-order valence-corrected chi connectivity index (χ2v) is 8.59. The van der Waals surface area contributed by atoms with Crippen LogP contribution in [0.2, 0.25) is 0 Å². The Morgan fingerprint density at radius 1 is 0.885 bits per heavy atom. The fourth-order valence-electron chi connectivity index (χ4n) is 2.24. The molecule has 0 aliphatic rings. The molecule has 5 nitrogen and oxygen atoms in total. The van der Waals surface area contributed by atoms with Crippen LogP contribution in [0, 0.1) is 0 Å². The first-order valence-electron chi connectivity index (χ1n) is 7.55. The summed E-state index contributed by atoms with van der Waals surface area (Å²) in [5, 5.41) is -0.537. The Labute approximate surface area is 167 Å². The van der Waals surface area contributed by atoms with Gasteiger partial charge in [0.05, 0.1) is 0 Å². The molecule has 0 spiro atoms. The van der Waals surface area contributed by atoms with Gasteiger partial charge < -0.3 is 0 Å². The van der Waals surface area contributed by atoms with Crippen LogP contribution in [-0.2, 0) is 4.79 Å².